The Morgan fingerprint density at radius 2 is 2.08 bits per heavy atom. The molecule has 0 spiro atoms. The monoisotopic (exact) mass is 355 g/mol. The molecule has 0 unspecified atom stereocenters. The SMILES string of the molecule is CCCCOc1ccc2c(c1)CCC(CN1CC(C(=O)O)C1)=C2C1CC1. The summed E-state index contributed by atoms with van der Waals surface area (Å²) in [6, 6.07) is 6.64. The van der Waals surface area contributed by atoms with Gasteiger partial charge in [0.2, 0.25) is 0 Å². The predicted molar refractivity (Wildman–Crippen MR) is 102 cm³/mol. The highest BCUT2D eigenvalue weighted by molar-refractivity contribution is 5.77. The van der Waals surface area contributed by atoms with Gasteiger partial charge in [-0.25, -0.2) is 0 Å². The lowest BCUT2D eigenvalue weighted by molar-refractivity contribution is -0.147. The zero-order valence-corrected chi connectivity index (χ0v) is 15.7. The number of carboxylic acids is 1. The Labute approximate surface area is 155 Å². The number of fused-ring (bicyclic) bond motifs is 1. The normalized spacial score (nSPS) is 20.7. The van der Waals surface area contributed by atoms with Crippen LogP contribution < -0.4 is 4.74 Å². The van der Waals surface area contributed by atoms with Crippen LogP contribution in [0.4, 0.5) is 0 Å². The third-order valence-electron chi connectivity index (χ3n) is 5.92. The van der Waals surface area contributed by atoms with E-state index in [1.54, 1.807) is 11.1 Å². The standard InChI is InChI=1S/C22H29NO3/c1-2-3-10-26-19-8-9-20-16(11-19)6-7-17(21(20)15-4-5-15)12-23-13-18(14-23)22(24)25/h8-9,11,15,18H,2-7,10,12-14H2,1H3,(H,24,25). The van der Waals surface area contributed by atoms with Gasteiger partial charge in [0.15, 0.2) is 0 Å². The first-order valence-electron chi connectivity index (χ1n) is 10.1. The average Bonchev–Trinajstić information content (AvgIpc) is 3.42. The smallest absolute Gasteiger partial charge is 0.309 e. The first kappa shape index (κ1) is 17.6. The van der Waals surface area contributed by atoms with Crippen LogP contribution in [0.15, 0.2) is 23.8 Å². The maximum Gasteiger partial charge on any atom is 0.309 e. The molecule has 3 aliphatic rings. The molecule has 2 fully saturated rings. The van der Waals surface area contributed by atoms with Crippen LogP contribution in [0, 0.1) is 11.8 Å². The zero-order valence-electron chi connectivity index (χ0n) is 15.7. The molecule has 140 valence electrons. The van der Waals surface area contributed by atoms with Crippen molar-refractivity contribution in [3.8, 4) is 5.75 Å². The molecule has 26 heavy (non-hydrogen) atoms. The maximum atomic E-state index is 11.0. The van der Waals surface area contributed by atoms with Crippen molar-refractivity contribution in [2.45, 2.75) is 45.4 Å². The highest BCUT2D eigenvalue weighted by atomic mass is 16.5. The molecule has 0 aromatic heterocycles. The summed E-state index contributed by atoms with van der Waals surface area (Å²) in [5.74, 6) is 0.899. The Balaban J connectivity index is 1.50. The van der Waals surface area contributed by atoms with Crippen LogP contribution in [-0.4, -0.2) is 42.2 Å². The van der Waals surface area contributed by atoms with Crippen molar-refractivity contribution in [1.29, 1.82) is 0 Å². The fourth-order valence-electron chi connectivity index (χ4n) is 4.24. The van der Waals surface area contributed by atoms with Crippen molar-refractivity contribution in [2.24, 2.45) is 11.8 Å². The number of rotatable bonds is 8. The van der Waals surface area contributed by atoms with E-state index in [2.05, 4.69) is 30.0 Å². The summed E-state index contributed by atoms with van der Waals surface area (Å²) in [6.07, 6.45) is 7.02. The van der Waals surface area contributed by atoms with Crippen LogP contribution in [0.25, 0.3) is 5.57 Å². The van der Waals surface area contributed by atoms with E-state index in [9.17, 15) is 4.79 Å². The molecule has 4 nitrogen and oxygen atoms in total. The van der Waals surface area contributed by atoms with E-state index < -0.39 is 5.97 Å². The molecule has 1 saturated carbocycles. The summed E-state index contributed by atoms with van der Waals surface area (Å²) in [5, 5.41) is 9.09. The van der Waals surface area contributed by atoms with Gasteiger partial charge in [0, 0.05) is 19.6 Å². The van der Waals surface area contributed by atoms with Crippen molar-refractivity contribution in [2.75, 3.05) is 26.2 Å². The van der Waals surface area contributed by atoms with Gasteiger partial charge in [0.1, 0.15) is 5.75 Å². The molecule has 0 atom stereocenters. The molecular weight excluding hydrogens is 326 g/mol. The van der Waals surface area contributed by atoms with Gasteiger partial charge in [0.05, 0.1) is 12.5 Å². The van der Waals surface area contributed by atoms with Gasteiger partial charge in [0.25, 0.3) is 0 Å². The Hall–Kier alpha value is -1.81. The lowest BCUT2D eigenvalue weighted by atomic mass is 9.82. The molecule has 2 aliphatic carbocycles. The van der Waals surface area contributed by atoms with Crippen LogP contribution in [0.1, 0.15) is 50.2 Å². The van der Waals surface area contributed by atoms with Crippen molar-refractivity contribution >= 4 is 11.5 Å². The lowest BCUT2D eigenvalue weighted by Crippen LogP contribution is -2.51. The number of hydrogen-bond acceptors (Lipinski definition) is 3. The number of hydrogen-bond donors (Lipinski definition) is 1. The number of benzene rings is 1. The minimum atomic E-state index is -0.651. The van der Waals surface area contributed by atoms with Gasteiger partial charge in [-0.2, -0.15) is 0 Å². The van der Waals surface area contributed by atoms with Crippen LogP contribution in [0.2, 0.25) is 0 Å². The molecule has 0 radical (unpaired) electrons. The lowest BCUT2D eigenvalue weighted by Gasteiger charge is -2.38. The van der Waals surface area contributed by atoms with E-state index in [1.807, 2.05) is 0 Å². The Morgan fingerprint density at radius 1 is 1.27 bits per heavy atom. The molecular formula is C22H29NO3. The van der Waals surface area contributed by atoms with Crippen molar-refractivity contribution in [3.05, 3.63) is 34.9 Å². The molecule has 1 heterocycles. The summed E-state index contributed by atoms with van der Waals surface area (Å²) in [7, 11) is 0. The van der Waals surface area contributed by atoms with Crippen LogP contribution >= 0.6 is 0 Å². The topological polar surface area (TPSA) is 49.8 Å². The summed E-state index contributed by atoms with van der Waals surface area (Å²) in [5.41, 5.74) is 5.96. The Bertz CT molecular complexity index is 714. The number of nitrogens with zero attached hydrogens (tertiary/aromatic N) is 1. The van der Waals surface area contributed by atoms with E-state index in [-0.39, 0.29) is 5.92 Å². The summed E-state index contributed by atoms with van der Waals surface area (Å²) < 4.78 is 5.90. The van der Waals surface area contributed by atoms with Gasteiger partial charge in [-0.05, 0) is 66.9 Å². The Kier molecular flexibility index (Phi) is 5.03. The van der Waals surface area contributed by atoms with E-state index >= 15 is 0 Å². The summed E-state index contributed by atoms with van der Waals surface area (Å²) >= 11 is 0. The van der Waals surface area contributed by atoms with E-state index in [1.165, 1.54) is 24.0 Å². The second-order valence-electron chi connectivity index (χ2n) is 8.04. The van der Waals surface area contributed by atoms with Crippen LogP contribution in [0.5, 0.6) is 5.75 Å². The van der Waals surface area contributed by atoms with Crippen LogP contribution in [-0.2, 0) is 11.2 Å². The molecule has 1 aromatic carbocycles. The molecule has 1 saturated heterocycles. The second-order valence-corrected chi connectivity index (χ2v) is 8.04. The largest absolute Gasteiger partial charge is 0.494 e. The highest BCUT2D eigenvalue weighted by Crippen LogP contribution is 2.48. The molecule has 4 rings (SSSR count). The van der Waals surface area contributed by atoms with Crippen molar-refractivity contribution in [1.82, 2.24) is 4.90 Å². The molecule has 1 N–H and O–H groups in total. The number of aryl methyl sites for hydroxylation is 1. The molecule has 1 aromatic rings. The number of ether oxygens (including phenoxy) is 1. The van der Waals surface area contributed by atoms with Crippen molar-refractivity contribution < 1.29 is 14.6 Å². The van der Waals surface area contributed by atoms with Crippen molar-refractivity contribution in [3.63, 3.8) is 0 Å². The van der Waals surface area contributed by atoms with Gasteiger partial charge >= 0.3 is 5.97 Å². The average molecular weight is 355 g/mol. The fourth-order valence-corrected chi connectivity index (χ4v) is 4.24. The van der Waals surface area contributed by atoms with Gasteiger partial charge < -0.3 is 9.84 Å². The number of unbranched alkanes of at least 4 members (excludes halogenated alkanes) is 1. The summed E-state index contributed by atoms with van der Waals surface area (Å²) in [6.45, 7) is 5.33. The molecule has 1 aliphatic heterocycles. The third-order valence-corrected chi connectivity index (χ3v) is 5.92. The number of aliphatic carboxylic acids is 1. The highest BCUT2D eigenvalue weighted by Gasteiger charge is 2.36. The third kappa shape index (κ3) is 3.66. The fraction of sp³-hybridized carbons (Fsp3) is 0.591. The number of likely N-dealkylation sites (tertiary alicyclic amines) is 1. The predicted octanol–water partition coefficient (Wildman–Crippen LogP) is 3.99. The minimum absolute atomic E-state index is 0.168. The van der Waals surface area contributed by atoms with Gasteiger partial charge in [-0.15, -0.1) is 0 Å². The number of carboxylic acid groups (broad SMARTS) is 1. The van der Waals surface area contributed by atoms with Crippen LogP contribution in [0.3, 0.4) is 0 Å². The minimum Gasteiger partial charge on any atom is -0.494 e. The first-order chi connectivity index (χ1) is 12.7. The van der Waals surface area contributed by atoms with Gasteiger partial charge in [-0.1, -0.05) is 25.0 Å². The molecule has 0 bridgehead atoms. The van der Waals surface area contributed by atoms with E-state index in [0.717, 1.165) is 44.6 Å². The summed E-state index contributed by atoms with van der Waals surface area (Å²) in [4.78, 5) is 13.3. The second kappa shape index (κ2) is 7.43. The Morgan fingerprint density at radius 3 is 2.77 bits per heavy atom. The molecule has 4 heteroatoms. The van der Waals surface area contributed by atoms with Gasteiger partial charge in [-0.3, -0.25) is 9.69 Å². The maximum absolute atomic E-state index is 11.0. The zero-order chi connectivity index (χ0) is 18.1. The molecule has 0 amide bonds. The number of allylic oxidation sites excluding steroid dienone is 1. The van der Waals surface area contributed by atoms with E-state index in [4.69, 9.17) is 9.84 Å². The first-order valence-corrected chi connectivity index (χ1v) is 10.1. The quantitative estimate of drug-likeness (QED) is 0.716. The number of carbonyl (C=O) groups is 1. The van der Waals surface area contributed by atoms with E-state index in [0.29, 0.717) is 19.0 Å².